The Morgan fingerprint density at radius 2 is 2.05 bits per heavy atom. The quantitative estimate of drug-likeness (QED) is 0.695. The van der Waals surface area contributed by atoms with Crippen molar-refractivity contribution in [3.63, 3.8) is 0 Å². The van der Waals surface area contributed by atoms with Crippen molar-refractivity contribution in [2.45, 2.75) is 13.3 Å². The van der Waals surface area contributed by atoms with E-state index in [0.717, 1.165) is 10.0 Å². The lowest BCUT2D eigenvalue weighted by Gasteiger charge is -2.02. The fourth-order valence-electron chi connectivity index (χ4n) is 1.51. The lowest BCUT2D eigenvalue weighted by Crippen LogP contribution is -2.21. The maximum Gasteiger partial charge on any atom is 0.244 e. The van der Waals surface area contributed by atoms with Crippen LogP contribution >= 0.6 is 15.9 Å². The lowest BCUT2D eigenvalue weighted by molar-refractivity contribution is -0.120. The highest BCUT2D eigenvalue weighted by atomic mass is 79.9. The van der Waals surface area contributed by atoms with Crippen LogP contribution in [0, 0.1) is 0 Å². The summed E-state index contributed by atoms with van der Waals surface area (Å²) in [7, 11) is 0. The number of carbonyl (C=O) groups is 1. The van der Waals surface area contributed by atoms with Crippen molar-refractivity contribution in [2.24, 2.45) is 5.10 Å². The van der Waals surface area contributed by atoms with Gasteiger partial charge in [0.15, 0.2) is 0 Å². The summed E-state index contributed by atoms with van der Waals surface area (Å²) in [4.78, 5) is 11.7. The molecule has 2 rings (SSSR count). The summed E-state index contributed by atoms with van der Waals surface area (Å²) in [6, 6.07) is 11.2. The van der Waals surface area contributed by atoms with E-state index in [1.54, 1.807) is 25.3 Å². The second-order valence-electron chi connectivity index (χ2n) is 4.01. The smallest absolute Gasteiger partial charge is 0.244 e. The number of hydrogen-bond acceptors (Lipinski definition) is 3. The van der Waals surface area contributed by atoms with Crippen LogP contribution in [0.15, 0.2) is 56.7 Å². The van der Waals surface area contributed by atoms with E-state index < -0.39 is 0 Å². The summed E-state index contributed by atoms with van der Waals surface area (Å²) >= 11 is 3.35. The topological polar surface area (TPSA) is 54.6 Å². The molecule has 2 aromatic rings. The van der Waals surface area contributed by atoms with Gasteiger partial charge in [0.1, 0.15) is 11.5 Å². The van der Waals surface area contributed by atoms with Gasteiger partial charge in [-0.05, 0) is 36.8 Å². The van der Waals surface area contributed by atoms with E-state index in [2.05, 4.69) is 26.5 Å². The Morgan fingerprint density at radius 3 is 2.68 bits per heavy atom. The molecule has 0 bridgehead atoms. The maximum atomic E-state index is 11.7. The number of carbonyl (C=O) groups excluding carboxylic acids is 1. The Balaban J connectivity index is 1.91. The minimum atomic E-state index is -0.159. The largest absolute Gasteiger partial charge is 0.463 e. The minimum Gasteiger partial charge on any atom is -0.463 e. The molecule has 0 aliphatic heterocycles. The number of amides is 1. The van der Waals surface area contributed by atoms with Crippen LogP contribution in [0.4, 0.5) is 0 Å². The molecule has 0 atom stereocenters. The second-order valence-corrected chi connectivity index (χ2v) is 4.93. The fraction of sp³-hybridized carbons (Fsp3) is 0.143. The van der Waals surface area contributed by atoms with Gasteiger partial charge in [0, 0.05) is 4.47 Å². The molecule has 98 valence electrons. The van der Waals surface area contributed by atoms with E-state index in [9.17, 15) is 4.79 Å². The molecular formula is C14H13BrN2O2. The zero-order valence-corrected chi connectivity index (χ0v) is 12.0. The number of benzene rings is 1. The predicted molar refractivity (Wildman–Crippen MR) is 76.9 cm³/mol. The van der Waals surface area contributed by atoms with E-state index in [0.29, 0.717) is 17.9 Å². The van der Waals surface area contributed by atoms with Gasteiger partial charge in [-0.2, -0.15) is 5.10 Å². The summed E-state index contributed by atoms with van der Waals surface area (Å²) in [6.07, 6.45) is 1.86. The van der Waals surface area contributed by atoms with Gasteiger partial charge in [-0.3, -0.25) is 4.79 Å². The third-order valence-corrected chi connectivity index (χ3v) is 3.03. The Morgan fingerprint density at radius 1 is 1.32 bits per heavy atom. The van der Waals surface area contributed by atoms with Gasteiger partial charge >= 0.3 is 0 Å². The van der Waals surface area contributed by atoms with Crippen molar-refractivity contribution in [3.05, 3.63) is 58.5 Å². The van der Waals surface area contributed by atoms with Crippen molar-refractivity contribution in [3.8, 4) is 0 Å². The molecule has 0 saturated carbocycles. The van der Waals surface area contributed by atoms with Gasteiger partial charge in [0.05, 0.1) is 12.7 Å². The molecule has 0 unspecified atom stereocenters. The molecule has 0 fully saturated rings. The zero-order chi connectivity index (χ0) is 13.7. The molecule has 0 spiro atoms. The first-order valence-electron chi connectivity index (χ1n) is 5.76. The normalized spacial score (nSPS) is 11.4. The number of rotatable bonds is 4. The molecule has 19 heavy (non-hydrogen) atoms. The van der Waals surface area contributed by atoms with Crippen molar-refractivity contribution in [1.82, 2.24) is 5.43 Å². The number of nitrogens with zero attached hydrogens (tertiary/aromatic N) is 1. The zero-order valence-electron chi connectivity index (χ0n) is 10.4. The van der Waals surface area contributed by atoms with E-state index in [1.807, 2.05) is 24.3 Å². The molecule has 4 nitrogen and oxygen atoms in total. The highest BCUT2D eigenvalue weighted by molar-refractivity contribution is 9.10. The summed E-state index contributed by atoms with van der Waals surface area (Å²) in [5.41, 5.74) is 4.08. The molecule has 0 aliphatic rings. The van der Waals surface area contributed by atoms with Gasteiger partial charge in [-0.15, -0.1) is 0 Å². The van der Waals surface area contributed by atoms with Crippen molar-refractivity contribution >= 4 is 27.5 Å². The summed E-state index contributed by atoms with van der Waals surface area (Å²) < 4.78 is 6.16. The molecule has 1 N–H and O–H groups in total. The number of furan rings is 1. The monoisotopic (exact) mass is 320 g/mol. The summed E-state index contributed by atoms with van der Waals surface area (Å²) in [6.45, 7) is 1.78. The van der Waals surface area contributed by atoms with E-state index >= 15 is 0 Å². The van der Waals surface area contributed by atoms with E-state index in [-0.39, 0.29) is 5.91 Å². The molecule has 1 amide bonds. The second kappa shape index (κ2) is 6.33. The van der Waals surface area contributed by atoms with Crippen molar-refractivity contribution in [1.29, 1.82) is 0 Å². The van der Waals surface area contributed by atoms with Gasteiger partial charge in [-0.25, -0.2) is 5.43 Å². The Hall–Kier alpha value is -1.88. The van der Waals surface area contributed by atoms with Gasteiger partial charge in [0.2, 0.25) is 5.91 Å². The Bertz CT molecular complexity index is 574. The molecule has 1 aromatic heterocycles. The first-order chi connectivity index (χ1) is 9.15. The SMILES string of the molecule is C/C(=N/NC(=O)Cc1ccc(Br)cc1)c1ccco1. The lowest BCUT2D eigenvalue weighted by atomic mass is 10.1. The number of hydrogen-bond donors (Lipinski definition) is 1. The number of halogens is 1. The van der Waals surface area contributed by atoms with E-state index in [1.165, 1.54) is 0 Å². The molecule has 1 aromatic carbocycles. The third kappa shape index (κ3) is 4.06. The standard InChI is InChI=1S/C14H13BrN2O2/c1-10(13-3-2-8-19-13)16-17-14(18)9-11-4-6-12(15)7-5-11/h2-8H,9H2,1H3,(H,17,18)/b16-10-. The predicted octanol–water partition coefficient (Wildman–Crippen LogP) is 3.13. The van der Waals surface area contributed by atoms with Crippen LogP contribution in [0.3, 0.4) is 0 Å². The van der Waals surface area contributed by atoms with Crippen molar-refractivity contribution in [2.75, 3.05) is 0 Å². The molecule has 0 radical (unpaired) electrons. The van der Waals surface area contributed by atoms with Crippen LogP contribution in [-0.4, -0.2) is 11.6 Å². The number of hydrazone groups is 1. The summed E-state index contributed by atoms with van der Waals surface area (Å²) in [5.74, 6) is 0.483. The van der Waals surface area contributed by atoms with Crippen LogP contribution in [0.5, 0.6) is 0 Å². The van der Waals surface area contributed by atoms with Crippen LogP contribution in [0.1, 0.15) is 18.2 Å². The summed E-state index contributed by atoms with van der Waals surface area (Å²) in [5, 5.41) is 3.99. The number of nitrogens with one attached hydrogen (secondary N) is 1. The van der Waals surface area contributed by atoms with Crippen LogP contribution in [-0.2, 0) is 11.2 Å². The average Bonchev–Trinajstić information content (AvgIpc) is 2.93. The molecule has 1 heterocycles. The Kier molecular flexibility index (Phi) is 4.52. The Labute approximate surface area is 119 Å². The highest BCUT2D eigenvalue weighted by Crippen LogP contribution is 2.10. The maximum absolute atomic E-state index is 11.7. The van der Waals surface area contributed by atoms with E-state index in [4.69, 9.17) is 4.42 Å². The fourth-order valence-corrected chi connectivity index (χ4v) is 1.78. The first kappa shape index (κ1) is 13.5. The molecule has 0 aliphatic carbocycles. The first-order valence-corrected chi connectivity index (χ1v) is 6.56. The van der Waals surface area contributed by atoms with Gasteiger partial charge in [0.25, 0.3) is 0 Å². The minimum absolute atomic E-state index is 0.159. The van der Waals surface area contributed by atoms with Crippen molar-refractivity contribution < 1.29 is 9.21 Å². The third-order valence-electron chi connectivity index (χ3n) is 2.50. The van der Waals surface area contributed by atoms with Crippen LogP contribution in [0.2, 0.25) is 0 Å². The molecule has 0 saturated heterocycles. The molecule has 5 heteroatoms. The van der Waals surface area contributed by atoms with Gasteiger partial charge in [-0.1, -0.05) is 28.1 Å². The highest BCUT2D eigenvalue weighted by Gasteiger charge is 2.04. The van der Waals surface area contributed by atoms with Crippen LogP contribution < -0.4 is 5.43 Å². The van der Waals surface area contributed by atoms with Crippen LogP contribution in [0.25, 0.3) is 0 Å². The van der Waals surface area contributed by atoms with Gasteiger partial charge < -0.3 is 4.42 Å². The average molecular weight is 321 g/mol. The molecular weight excluding hydrogens is 308 g/mol.